The number of amides is 2. The molecule has 1 heterocycles. The molecule has 8 nitrogen and oxygen atoms in total. The van der Waals surface area contributed by atoms with Gasteiger partial charge in [0.05, 0.1) is 4.90 Å². The number of ether oxygens (including phenoxy) is 1. The summed E-state index contributed by atoms with van der Waals surface area (Å²) in [5.41, 5.74) is 1.10. The van der Waals surface area contributed by atoms with Gasteiger partial charge >= 0.3 is 0 Å². The summed E-state index contributed by atoms with van der Waals surface area (Å²) in [6.45, 7) is 0.428. The van der Waals surface area contributed by atoms with E-state index in [2.05, 4.69) is 5.32 Å². The van der Waals surface area contributed by atoms with Gasteiger partial charge in [-0.05, 0) is 36.8 Å². The maximum atomic E-state index is 12.2. The standard InChI is InChI=1S/C20H23N3O5S/c1-22(2)29(26,27)18-9-3-6-15(12-18)21-19(24)14-28-17-8-4-7-16(13-17)23-11-5-10-20(23)25/h3-4,6-9,12-13H,5,10-11,14H2,1-2H3,(H,21,24). The van der Waals surface area contributed by atoms with Crippen molar-refractivity contribution < 1.29 is 22.7 Å². The van der Waals surface area contributed by atoms with Gasteiger partial charge < -0.3 is 15.0 Å². The summed E-state index contributed by atoms with van der Waals surface area (Å²) in [6.07, 6.45) is 1.37. The van der Waals surface area contributed by atoms with Gasteiger partial charge in [0.2, 0.25) is 15.9 Å². The summed E-state index contributed by atoms with van der Waals surface area (Å²) in [7, 11) is -0.704. The van der Waals surface area contributed by atoms with Gasteiger partial charge in [-0.3, -0.25) is 9.59 Å². The van der Waals surface area contributed by atoms with Crippen molar-refractivity contribution in [2.24, 2.45) is 0 Å². The minimum Gasteiger partial charge on any atom is -0.484 e. The smallest absolute Gasteiger partial charge is 0.262 e. The van der Waals surface area contributed by atoms with Crippen LogP contribution in [0.4, 0.5) is 11.4 Å². The Kier molecular flexibility index (Phi) is 6.19. The van der Waals surface area contributed by atoms with Crippen molar-refractivity contribution in [2.45, 2.75) is 17.7 Å². The number of carbonyl (C=O) groups is 2. The van der Waals surface area contributed by atoms with Crippen molar-refractivity contribution in [1.82, 2.24) is 4.31 Å². The lowest BCUT2D eigenvalue weighted by Gasteiger charge is -2.16. The van der Waals surface area contributed by atoms with E-state index in [0.717, 1.165) is 16.4 Å². The molecule has 1 aliphatic heterocycles. The first-order chi connectivity index (χ1) is 13.8. The Bertz CT molecular complexity index is 1020. The van der Waals surface area contributed by atoms with Gasteiger partial charge in [-0.25, -0.2) is 12.7 Å². The Balaban J connectivity index is 1.62. The number of nitrogens with zero attached hydrogens (tertiary/aromatic N) is 2. The summed E-state index contributed by atoms with van der Waals surface area (Å²) in [4.78, 5) is 25.9. The van der Waals surface area contributed by atoms with Gasteiger partial charge in [0.1, 0.15) is 5.75 Å². The summed E-state index contributed by atoms with van der Waals surface area (Å²) in [5.74, 6) is 0.126. The van der Waals surface area contributed by atoms with Crippen LogP contribution in [0.25, 0.3) is 0 Å². The molecule has 0 unspecified atom stereocenters. The van der Waals surface area contributed by atoms with Gasteiger partial charge in [0.15, 0.2) is 6.61 Å². The van der Waals surface area contributed by atoms with E-state index >= 15 is 0 Å². The zero-order chi connectivity index (χ0) is 21.0. The van der Waals surface area contributed by atoms with Crippen LogP contribution in [0.1, 0.15) is 12.8 Å². The van der Waals surface area contributed by atoms with E-state index < -0.39 is 15.9 Å². The molecule has 2 amide bonds. The zero-order valence-corrected chi connectivity index (χ0v) is 17.1. The third-order valence-electron chi connectivity index (χ3n) is 4.47. The Morgan fingerprint density at radius 3 is 2.62 bits per heavy atom. The van der Waals surface area contributed by atoms with E-state index in [0.29, 0.717) is 24.4 Å². The minimum atomic E-state index is -3.59. The van der Waals surface area contributed by atoms with Gasteiger partial charge in [-0.1, -0.05) is 12.1 Å². The fourth-order valence-electron chi connectivity index (χ4n) is 2.95. The first kappa shape index (κ1) is 20.8. The molecule has 9 heteroatoms. The van der Waals surface area contributed by atoms with E-state index in [9.17, 15) is 18.0 Å². The lowest BCUT2D eigenvalue weighted by molar-refractivity contribution is -0.118. The lowest BCUT2D eigenvalue weighted by Crippen LogP contribution is -2.24. The molecule has 1 aliphatic rings. The number of anilines is 2. The average molecular weight is 417 g/mol. The van der Waals surface area contributed by atoms with E-state index in [1.54, 1.807) is 35.2 Å². The fraction of sp³-hybridized carbons (Fsp3) is 0.300. The van der Waals surface area contributed by atoms with Crippen molar-refractivity contribution in [3.63, 3.8) is 0 Å². The third kappa shape index (κ3) is 4.93. The highest BCUT2D eigenvalue weighted by Gasteiger charge is 2.22. The van der Waals surface area contributed by atoms with Gasteiger partial charge in [0, 0.05) is 44.5 Å². The van der Waals surface area contributed by atoms with Gasteiger partial charge in [0.25, 0.3) is 5.91 Å². The Morgan fingerprint density at radius 2 is 1.93 bits per heavy atom. The van der Waals surface area contributed by atoms with Crippen LogP contribution in [-0.4, -0.2) is 51.8 Å². The molecule has 29 heavy (non-hydrogen) atoms. The van der Waals surface area contributed by atoms with Crippen molar-refractivity contribution in [3.05, 3.63) is 48.5 Å². The van der Waals surface area contributed by atoms with Crippen molar-refractivity contribution in [3.8, 4) is 5.75 Å². The maximum Gasteiger partial charge on any atom is 0.262 e. The first-order valence-electron chi connectivity index (χ1n) is 9.13. The highest BCUT2D eigenvalue weighted by molar-refractivity contribution is 7.89. The number of benzene rings is 2. The van der Waals surface area contributed by atoms with Crippen LogP contribution in [-0.2, 0) is 19.6 Å². The third-order valence-corrected chi connectivity index (χ3v) is 6.28. The molecule has 2 aromatic carbocycles. The highest BCUT2D eigenvalue weighted by atomic mass is 32.2. The molecule has 0 aliphatic carbocycles. The van der Waals surface area contributed by atoms with E-state index in [1.165, 1.54) is 26.2 Å². The number of hydrogen-bond donors (Lipinski definition) is 1. The number of carbonyl (C=O) groups excluding carboxylic acids is 2. The molecule has 0 bridgehead atoms. The molecule has 1 saturated heterocycles. The van der Waals surface area contributed by atoms with E-state index in [4.69, 9.17) is 4.74 Å². The molecular weight excluding hydrogens is 394 g/mol. The molecule has 154 valence electrons. The molecule has 0 radical (unpaired) electrons. The van der Waals surface area contributed by atoms with Crippen LogP contribution >= 0.6 is 0 Å². The average Bonchev–Trinajstić information content (AvgIpc) is 3.12. The van der Waals surface area contributed by atoms with Crippen molar-refractivity contribution in [2.75, 3.05) is 37.5 Å². The van der Waals surface area contributed by atoms with Crippen LogP contribution in [0.3, 0.4) is 0 Å². The van der Waals surface area contributed by atoms with Crippen LogP contribution in [0.5, 0.6) is 5.75 Å². The van der Waals surface area contributed by atoms with Crippen LogP contribution in [0.15, 0.2) is 53.4 Å². The summed E-state index contributed by atoms with van der Waals surface area (Å²) in [5, 5.41) is 2.63. The fourth-order valence-corrected chi connectivity index (χ4v) is 3.90. The predicted octanol–water partition coefficient (Wildman–Crippen LogP) is 2.08. The Labute approximate surface area is 170 Å². The molecule has 1 N–H and O–H groups in total. The van der Waals surface area contributed by atoms with Crippen LogP contribution in [0.2, 0.25) is 0 Å². The predicted molar refractivity (Wildman–Crippen MR) is 109 cm³/mol. The first-order valence-corrected chi connectivity index (χ1v) is 10.6. The second-order valence-corrected chi connectivity index (χ2v) is 8.95. The molecule has 3 rings (SSSR count). The number of rotatable bonds is 7. The second-order valence-electron chi connectivity index (χ2n) is 6.80. The molecule has 2 aromatic rings. The SMILES string of the molecule is CN(C)S(=O)(=O)c1cccc(NC(=O)COc2cccc(N3CCCC3=O)c2)c1. The molecule has 0 atom stereocenters. The van der Waals surface area contributed by atoms with E-state index in [-0.39, 0.29) is 17.4 Å². The Morgan fingerprint density at radius 1 is 1.17 bits per heavy atom. The van der Waals surface area contributed by atoms with Crippen LogP contribution in [0, 0.1) is 0 Å². The minimum absolute atomic E-state index is 0.0763. The van der Waals surface area contributed by atoms with Crippen LogP contribution < -0.4 is 15.0 Å². The van der Waals surface area contributed by atoms with E-state index in [1.807, 2.05) is 6.07 Å². The lowest BCUT2D eigenvalue weighted by atomic mass is 10.3. The van der Waals surface area contributed by atoms with Gasteiger partial charge in [-0.2, -0.15) is 0 Å². The monoisotopic (exact) mass is 417 g/mol. The quantitative estimate of drug-likeness (QED) is 0.744. The molecular formula is C20H23N3O5S. The molecule has 0 aromatic heterocycles. The highest BCUT2D eigenvalue weighted by Crippen LogP contribution is 2.25. The van der Waals surface area contributed by atoms with Crippen molar-refractivity contribution >= 4 is 33.2 Å². The molecule has 0 spiro atoms. The maximum absolute atomic E-state index is 12.2. The summed E-state index contributed by atoms with van der Waals surface area (Å²) >= 11 is 0. The zero-order valence-electron chi connectivity index (χ0n) is 16.3. The van der Waals surface area contributed by atoms with Crippen molar-refractivity contribution in [1.29, 1.82) is 0 Å². The summed E-state index contributed by atoms with van der Waals surface area (Å²) in [6, 6.07) is 13.0. The largest absolute Gasteiger partial charge is 0.484 e. The summed E-state index contributed by atoms with van der Waals surface area (Å²) < 4.78 is 31.1. The van der Waals surface area contributed by atoms with Gasteiger partial charge in [-0.15, -0.1) is 0 Å². The second kappa shape index (κ2) is 8.62. The molecule has 1 fully saturated rings. The number of nitrogens with one attached hydrogen (secondary N) is 1. The normalized spacial score (nSPS) is 14.3. The molecule has 0 saturated carbocycles. The Hall–Kier alpha value is -2.91. The topological polar surface area (TPSA) is 96.0 Å². The number of hydrogen-bond acceptors (Lipinski definition) is 5. The number of sulfonamides is 1.